The number of fused-ring (bicyclic) bond motifs is 2. The van der Waals surface area contributed by atoms with Gasteiger partial charge in [0.15, 0.2) is 5.62 Å². The van der Waals surface area contributed by atoms with Crippen molar-refractivity contribution in [2.45, 2.75) is 4.90 Å². The Morgan fingerprint density at radius 3 is 2.73 bits per heavy atom. The highest BCUT2D eigenvalue weighted by Crippen LogP contribution is 2.62. The summed E-state index contributed by atoms with van der Waals surface area (Å²) >= 11 is 1.47. The van der Waals surface area contributed by atoms with Crippen LogP contribution in [0.5, 0.6) is 0 Å². The largest absolute Gasteiger partial charge is 0.375 e. The van der Waals surface area contributed by atoms with Crippen LogP contribution in [0.3, 0.4) is 0 Å². The van der Waals surface area contributed by atoms with Gasteiger partial charge in [-0.2, -0.15) is 0 Å². The molecule has 2 aromatic carbocycles. The van der Waals surface area contributed by atoms with Gasteiger partial charge < -0.3 is 5.32 Å². The standard InChI is InChI=1S/C17H13NO2S2/c19-11-22(10-18-13-6-2-4-8-16(13)22)17(20)15-9-12-5-1-3-7-14(12)21-15/h1-9,11,18H,10H2. The van der Waals surface area contributed by atoms with Crippen molar-refractivity contribution < 1.29 is 9.59 Å². The van der Waals surface area contributed by atoms with Crippen LogP contribution in [-0.4, -0.2) is 16.6 Å². The predicted octanol–water partition coefficient (Wildman–Crippen LogP) is 4.48. The van der Waals surface area contributed by atoms with E-state index in [0.29, 0.717) is 10.8 Å². The summed E-state index contributed by atoms with van der Waals surface area (Å²) in [5.41, 5.74) is 1.78. The maximum atomic E-state index is 13.1. The highest BCUT2D eigenvalue weighted by Gasteiger charge is 2.41. The lowest BCUT2D eigenvalue weighted by Gasteiger charge is -2.25. The molecule has 0 saturated heterocycles. The average Bonchev–Trinajstić information content (AvgIpc) is 3.16. The first kappa shape index (κ1) is 13.5. The number of hydrogen-bond acceptors (Lipinski definition) is 4. The summed E-state index contributed by atoms with van der Waals surface area (Å²) in [6.45, 7) is 0. The fourth-order valence-electron chi connectivity index (χ4n) is 2.76. The molecule has 4 rings (SSSR count). The van der Waals surface area contributed by atoms with Crippen molar-refractivity contribution in [3.05, 3.63) is 59.5 Å². The highest BCUT2D eigenvalue weighted by molar-refractivity contribution is 8.55. The lowest BCUT2D eigenvalue weighted by Crippen LogP contribution is -2.15. The summed E-state index contributed by atoms with van der Waals surface area (Å²) in [5.74, 6) is 0.406. The molecule has 0 radical (unpaired) electrons. The second-order valence-electron chi connectivity index (χ2n) is 5.14. The molecule has 0 saturated carbocycles. The Morgan fingerprint density at radius 1 is 1.14 bits per heavy atom. The third kappa shape index (κ3) is 1.82. The lowest BCUT2D eigenvalue weighted by molar-refractivity contribution is 0.108. The maximum absolute atomic E-state index is 13.1. The molecule has 1 aliphatic heterocycles. The second kappa shape index (κ2) is 4.97. The van der Waals surface area contributed by atoms with E-state index in [2.05, 4.69) is 5.32 Å². The van der Waals surface area contributed by atoms with Crippen LogP contribution >= 0.6 is 21.4 Å². The van der Waals surface area contributed by atoms with E-state index in [0.717, 1.165) is 26.3 Å². The number of thiophene rings is 1. The van der Waals surface area contributed by atoms with E-state index in [1.165, 1.54) is 11.3 Å². The summed E-state index contributed by atoms with van der Waals surface area (Å²) in [6.07, 6.45) is 0. The first-order valence-corrected chi connectivity index (χ1v) is 9.55. The van der Waals surface area contributed by atoms with E-state index < -0.39 is 10.0 Å². The number of rotatable bonds is 2. The fraction of sp³-hybridized carbons (Fsp3) is 0.0588. The van der Waals surface area contributed by atoms with Crippen LogP contribution in [0, 0.1) is 0 Å². The number of para-hydroxylation sites is 1. The minimum atomic E-state index is -2.16. The van der Waals surface area contributed by atoms with Gasteiger partial charge in [-0.15, -0.1) is 11.3 Å². The minimum Gasteiger partial charge on any atom is -0.375 e. The Bertz CT molecular complexity index is 869. The quantitative estimate of drug-likeness (QED) is 0.706. The van der Waals surface area contributed by atoms with Gasteiger partial charge in [-0.1, -0.05) is 40.4 Å². The SMILES string of the molecule is O=CS1(C(=O)c2cc3ccccc3s2)CNc2ccccc21. The van der Waals surface area contributed by atoms with Crippen LogP contribution < -0.4 is 5.32 Å². The van der Waals surface area contributed by atoms with Gasteiger partial charge >= 0.3 is 0 Å². The molecule has 0 bridgehead atoms. The molecule has 5 heteroatoms. The van der Waals surface area contributed by atoms with Crippen LogP contribution in [0.25, 0.3) is 10.1 Å². The van der Waals surface area contributed by atoms with Gasteiger partial charge in [0.25, 0.3) is 0 Å². The molecule has 0 aliphatic carbocycles. The monoisotopic (exact) mass is 327 g/mol. The maximum Gasteiger partial charge on any atom is 0.224 e. The van der Waals surface area contributed by atoms with Crippen molar-refractivity contribution >= 4 is 47.9 Å². The smallest absolute Gasteiger partial charge is 0.224 e. The van der Waals surface area contributed by atoms with Gasteiger partial charge in [0.2, 0.25) is 5.12 Å². The van der Waals surface area contributed by atoms with Crippen LogP contribution in [0.15, 0.2) is 59.5 Å². The van der Waals surface area contributed by atoms with Crippen molar-refractivity contribution in [3.8, 4) is 0 Å². The summed E-state index contributed by atoms with van der Waals surface area (Å²) in [7, 11) is -2.16. The Balaban J connectivity index is 1.86. The molecule has 1 aromatic heterocycles. The van der Waals surface area contributed by atoms with Gasteiger partial charge in [-0.05, 0) is 29.7 Å². The van der Waals surface area contributed by atoms with Crippen molar-refractivity contribution in [1.29, 1.82) is 0 Å². The Morgan fingerprint density at radius 2 is 1.91 bits per heavy atom. The van der Waals surface area contributed by atoms with E-state index in [1.54, 1.807) is 0 Å². The first-order chi connectivity index (χ1) is 10.7. The predicted molar refractivity (Wildman–Crippen MR) is 93.7 cm³/mol. The average molecular weight is 327 g/mol. The van der Waals surface area contributed by atoms with E-state index in [-0.39, 0.29) is 5.12 Å². The van der Waals surface area contributed by atoms with Gasteiger partial charge in [0.1, 0.15) is 0 Å². The lowest BCUT2D eigenvalue weighted by atomic mass is 10.2. The van der Waals surface area contributed by atoms with Gasteiger partial charge in [-0.3, -0.25) is 9.59 Å². The van der Waals surface area contributed by atoms with Crippen molar-refractivity contribution in [3.63, 3.8) is 0 Å². The molecule has 3 aromatic rings. The van der Waals surface area contributed by atoms with Crippen molar-refractivity contribution in [2.75, 3.05) is 11.2 Å². The van der Waals surface area contributed by atoms with Gasteiger partial charge in [-0.25, -0.2) is 0 Å². The van der Waals surface area contributed by atoms with Crippen LogP contribution in [-0.2, 0) is 4.79 Å². The molecule has 3 nitrogen and oxygen atoms in total. The zero-order valence-corrected chi connectivity index (χ0v) is 13.2. The van der Waals surface area contributed by atoms with Crippen molar-refractivity contribution in [2.24, 2.45) is 0 Å². The zero-order valence-electron chi connectivity index (χ0n) is 11.6. The number of anilines is 1. The number of nitrogens with one attached hydrogen (secondary N) is 1. The molecule has 2 heterocycles. The number of carbonyl (C=O) groups excluding carboxylic acids is 2. The molecule has 22 heavy (non-hydrogen) atoms. The molecule has 1 aliphatic rings. The van der Waals surface area contributed by atoms with E-state index in [9.17, 15) is 9.59 Å². The number of hydrogen-bond donors (Lipinski definition) is 1. The summed E-state index contributed by atoms with van der Waals surface area (Å²) in [4.78, 5) is 26.5. The first-order valence-electron chi connectivity index (χ1n) is 6.87. The van der Waals surface area contributed by atoms with Crippen LogP contribution in [0.1, 0.15) is 9.67 Å². The third-order valence-electron chi connectivity index (χ3n) is 3.89. The number of carbonyl (C=O) groups is 2. The normalized spacial score (nSPS) is 22.5. The molecule has 1 N–H and O–H groups in total. The van der Waals surface area contributed by atoms with E-state index >= 15 is 0 Å². The van der Waals surface area contributed by atoms with Crippen molar-refractivity contribution in [1.82, 2.24) is 0 Å². The summed E-state index contributed by atoms with van der Waals surface area (Å²) in [6, 6.07) is 17.4. The van der Waals surface area contributed by atoms with E-state index in [1.807, 2.05) is 54.6 Å². The fourth-order valence-corrected chi connectivity index (χ4v) is 6.63. The second-order valence-corrected chi connectivity index (χ2v) is 9.10. The summed E-state index contributed by atoms with van der Waals surface area (Å²) < 4.78 is 1.07. The van der Waals surface area contributed by atoms with Crippen LogP contribution in [0.4, 0.5) is 5.69 Å². The molecular formula is C17H13NO2S2. The molecule has 0 fully saturated rings. The van der Waals surface area contributed by atoms with Gasteiger partial charge in [0, 0.05) is 15.3 Å². The zero-order chi connectivity index (χ0) is 15.2. The third-order valence-corrected chi connectivity index (χ3v) is 8.09. The van der Waals surface area contributed by atoms with Crippen LogP contribution in [0.2, 0.25) is 0 Å². The molecule has 1 unspecified atom stereocenters. The molecule has 1 atom stereocenters. The minimum absolute atomic E-state index is 0.0406. The Labute approximate surface area is 133 Å². The molecule has 110 valence electrons. The number of benzene rings is 2. The topological polar surface area (TPSA) is 46.2 Å². The van der Waals surface area contributed by atoms with Gasteiger partial charge in [0.05, 0.1) is 10.8 Å². The molecule has 0 amide bonds. The Hall–Kier alpha value is -2.11. The molecule has 0 spiro atoms. The molecular weight excluding hydrogens is 314 g/mol. The van der Waals surface area contributed by atoms with E-state index in [4.69, 9.17) is 0 Å². The summed E-state index contributed by atoms with van der Waals surface area (Å²) in [5, 5.41) is 4.23. The highest BCUT2D eigenvalue weighted by atomic mass is 32.3. The Kier molecular flexibility index (Phi) is 3.06.